The van der Waals surface area contributed by atoms with Crippen LogP contribution in [-0.4, -0.2) is 103 Å². The van der Waals surface area contributed by atoms with E-state index in [1.165, 1.54) is 0 Å². The van der Waals surface area contributed by atoms with Crippen molar-refractivity contribution in [3.05, 3.63) is 0 Å². The van der Waals surface area contributed by atoms with E-state index in [4.69, 9.17) is 28.4 Å². The number of ether oxygens (including phenoxy) is 6. The quantitative estimate of drug-likeness (QED) is 0.180. The molecule has 10 heteroatoms. The molecule has 28 heavy (non-hydrogen) atoms. The minimum absolute atomic E-state index is 0.0550. The number of hydrogen-bond acceptors (Lipinski definition) is 8. The van der Waals surface area contributed by atoms with Gasteiger partial charge in [-0.25, -0.2) is 0 Å². The summed E-state index contributed by atoms with van der Waals surface area (Å²) in [5.41, 5.74) is 0. The second kappa shape index (κ2) is 22.7. The van der Waals surface area contributed by atoms with Crippen LogP contribution in [0.25, 0.3) is 0 Å². The smallest absolute Gasteiger partial charge is 0.230 e. The SMILES string of the molecule is CC(=O)CCOCCOCCOCCOCCOCCOCCNC(=O)CBr. The van der Waals surface area contributed by atoms with Gasteiger partial charge in [-0.3, -0.25) is 9.59 Å². The number of ketones is 1. The summed E-state index contributed by atoms with van der Waals surface area (Å²) in [5, 5.41) is 2.99. The Bertz CT molecular complexity index is 373. The monoisotopic (exact) mass is 471 g/mol. The van der Waals surface area contributed by atoms with Gasteiger partial charge in [0.05, 0.1) is 84.6 Å². The van der Waals surface area contributed by atoms with Crippen LogP contribution in [-0.2, 0) is 38.0 Å². The Morgan fingerprint density at radius 1 is 0.643 bits per heavy atom. The third-order valence-electron chi connectivity index (χ3n) is 3.15. The Balaban J connectivity index is 3.03. The molecule has 0 saturated carbocycles. The molecule has 0 aliphatic heterocycles. The number of carbonyl (C=O) groups excluding carboxylic acids is 2. The van der Waals surface area contributed by atoms with Gasteiger partial charge in [0.2, 0.25) is 5.91 Å². The summed E-state index contributed by atoms with van der Waals surface area (Å²) in [6.45, 7) is 7.89. The molecule has 0 radical (unpaired) electrons. The maximum absolute atomic E-state index is 10.9. The van der Waals surface area contributed by atoms with Gasteiger partial charge in [0.1, 0.15) is 5.78 Å². The molecule has 1 amide bonds. The van der Waals surface area contributed by atoms with E-state index in [1.54, 1.807) is 6.92 Å². The van der Waals surface area contributed by atoms with Crippen molar-refractivity contribution in [2.24, 2.45) is 0 Å². The normalized spacial score (nSPS) is 10.9. The van der Waals surface area contributed by atoms with Crippen molar-refractivity contribution in [1.82, 2.24) is 5.32 Å². The van der Waals surface area contributed by atoms with E-state index >= 15 is 0 Å². The summed E-state index contributed by atoms with van der Waals surface area (Å²) >= 11 is 3.06. The molecule has 0 unspecified atom stereocenters. The van der Waals surface area contributed by atoms with Crippen molar-refractivity contribution in [2.45, 2.75) is 13.3 Å². The van der Waals surface area contributed by atoms with Crippen LogP contribution in [0, 0.1) is 0 Å². The van der Waals surface area contributed by atoms with Crippen LogP contribution in [0.5, 0.6) is 0 Å². The van der Waals surface area contributed by atoms with Crippen molar-refractivity contribution in [1.29, 1.82) is 0 Å². The van der Waals surface area contributed by atoms with E-state index in [0.29, 0.717) is 97.6 Å². The first-order chi connectivity index (χ1) is 13.7. The number of amides is 1. The first-order valence-electron chi connectivity index (χ1n) is 9.45. The van der Waals surface area contributed by atoms with Crippen LogP contribution in [0.15, 0.2) is 0 Å². The van der Waals surface area contributed by atoms with E-state index in [9.17, 15) is 9.59 Å². The fraction of sp³-hybridized carbons (Fsp3) is 0.889. The van der Waals surface area contributed by atoms with Crippen LogP contribution in [0.1, 0.15) is 13.3 Å². The molecule has 0 heterocycles. The molecular weight excluding hydrogens is 438 g/mol. The molecule has 0 spiro atoms. The lowest BCUT2D eigenvalue weighted by Gasteiger charge is -2.08. The zero-order chi connectivity index (χ0) is 20.7. The Kier molecular flexibility index (Phi) is 22.2. The zero-order valence-electron chi connectivity index (χ0n) is 16.8. The molecule has 0 aromatic carbocycles. The molecule has 0 aromatic rings. The highest BCUT2D eigenvalue weighted by Crippen LogP contribution is 1.87. The predicted molar refractivity (Wildman–Crippen MR) is 107 cm³/mol. The summed E-state index contributed by atoms with van der Waals surface area (Å²) in [6.07, 6.45) is 0.445. The van der Waals surface area contributed by atoms with Gasteiger partial charge in [-0.15, -0.1) is 0 Å². The molecule has 0 bridgehead atoms. The molecule has 0 fully saturated rings. The number of hydrogen-bond donors (Lipinski definition) is 1. The summed E-state index contributed by atoms with van der Waals surface area (Å²) in [7, 11) is 0. The molecule has 0 atom stereocenters. The van der Waals surface area contributed by atoms with E-state index in [2.05, 4.69) is 21.2 Å². The van der Waals surface area contributed by atoms with E-state index in [0.717, 1.165) is 0 Å². The van der Waals surface area contributed by atoms with Crippen LogP contribution in [0.4, 0.5) is 0 Å². The van der Waals surface area contributed by atoms with Crippen molar-refractivity contribution < 1.29 is 38.0 Å². The second-order valence-electron chi connectivity index (χ2n) is 5.61. The van der Waals surface area contributed by atoms with Gasteiger partial charge in [-0.05, 0) is 6.92 Å². The average molecular weight is 472 g/mol. The van der Waals surface area contributed by atoms with Gasteiger partial charge >= 0.3 is 0 Å². The first kappa shape index (κ1) is 27.4. The van der Waals surface area contributed by atoms with Crippen molar-refractivity contribution in [3.8, 4) is 0 Å². The summed E-state index contributed by atoms with van der Waals surface area (Å²) in [4.78, 5) is 21.6. The molecule has 0 rings (SSSR count). The molecule has 166 valence electrons. The van der Waals surface area contributed by atoms with Gasteiger partial charge in [0.15, 0.2) is 0 Å². The highest BCUT2D eigenvalue weighted by molar-refractivity contribution is 9.09. The fourth-order valence-corrected chi connectivity index (χ4v) is 1.93. The molecule has 9 nitrogen and oxygen atoms in total. The Morgan fingerprint density at radius 3 is 1.36 bits per heavy atom. The number of carbonyl (C=O) groups is 2. The summed E-state index contributed by atoms with van der Waals surface area (Å²) < 4.78 is 32.0. The maximum atomic E-state index is 10.9. The number of rotatable bonds is 22. The van der Waals surface area contributed by atoms with Crippen LogP contribution < -0.4 is 5.32 Å². The Morgan fingerprint density at radius 2 is 1.00 bits per heavy atom. The van der Waals surface area contributed by atoms with Crippen LogP contribution >= 0.6 is 15.9 Å². The summed E-state index contributed by atoms with van der Waals surface area (Å²) in [6, 6.07) is 0. The number of Topliss-reactive ketones (excluding diaryl/α,β-unsaturated/α-hetero) is 1. The Labute approximate surface area is 175 Å². The maximum Gasteiger partial charge on any atom is 0.230 e. The van der Waals surface area contributed by atoms with E-state index < -0.39 is 0 Å². The van der Waals surface area contributed by atoms with Crippen molar-refractivity contribution in [2.75, 3.05) is 91.2 Å². The molecule has 0 aromatic heterocycles. The van der Waals surface area contributed by atoms with Gasteiger partial charge < -0.3 is 33.7 Å². The standard InChI is InChI=1S/C18H34BrNO8/c1-17(21)2-4-23-6-8-25-10-12-27-14-15-28-13-11-26-9-7-24-5-3-20-18(22)16-19/h2-16H2,1H3,(H,20,22). The highest BCUT2D eigenvalue weighted by Gasteiger charge is 1.97. The predicted octanol–water partition coefficient (Wildman–Crippen LogP) is 0.576. The molecule has 0 aliphatic rings. The lowest BCUT2D eigenvalue weighted by Crippen LogP contribution is -2.28. The van der Waals surface area contributed by atoms with Gasteiger partial charge in [-0.1, -0.05) is 15.9 Å². The first-order valence-corrected chi connectivity index (χ1v) is 10.6. The van der Waals surface area contributed by atoms with Crippen LogP contribution in [0.3, 0.4) is 0 Å². The highest BCUT2D eigenvalue weighted by atomic mass is 79.9. The second-order valence-corrected chi connectivity index (χ2v) is 6.17. The van der Waals surface area contributed by atoms with Gasteiger partial charge in [0.25, 0.3) is 0 Å². The topological polar surface area (TPSA) is 102 Å². The minimum Gasteiger partial charge on any atom is -0.379 e. The third-order valence-corrected chi connectivity index (χ3v) is 3.66. The number of alkyl halides is 1. The van der Waals surface area contributed by atoms with E-state index in [-0.39, 0.29) is 11.7 Å². The molecule has 0 aliphatic carbocycles. The largest absolute Gasteiger partial charge is 0.379 e. The molecule has 1 N–H and O–H groups in total. The lowest BCUT2D eigenvalue weighted by atomic mass is 10.3. The third kappa shape index (κ3) is 23.4. The summed E-state index contributed by atoms with van der Waals surface area (Å²) in [5.74, 6) is 0.0713. The zero-order valence-corrected chi connectivity index (χ0v) is 18.3. The number of halogens is 1. The van der Waals surface area contributed by atoms with Crippen LogP contribution in [0.2, 0.25) is 0 Å². The minimum atomic E-state index is -0.0550. The van der Waals surface area contributed by atoms with Gasteiger partial charge in [0, 0.05) is 13.0 Å². The average Bonchev–Trinajstić information content (AvgIpc) is 2.68. The Hall–Kier alpha value is -0.620. The van der Waals surface area contributed by atoms with Crippen molar-refractivity contribution in [3.63, 3.8) is 0 Å². The number of nitrogens with one attached hydrogen (secondary N) is 1. The molecule has 0 saturated heterocycles. The lowest BCUT2D eigenvalue weighted by molar-refractivity contribution is -0.119. The van der Waals surface area contributed by atoms with Gasteiger partial charge in [-0.2, -0.15) is 0 Å². The van der Waals surface area contributed by atoms with Crippen molar-refractivity contribution >= 4 is 27.6 Å². The van der Waals surface area contributed by atoms with E-state index in [1.807, 2.05) is 0 Å². The molecular formula is C18H34BrNO8. The fourth-order valence-electron chi connectivity index (χ4n) is 1.73.